The van der Waals surface area contributed by atoms with E-state index in [1.807, 2.05) is 27.7 Å². The highest BCUT2D eigenvalue weighted by Crippen LogP contribution is 2.34. The highest BCUT2D eigenvalue weighted by molar-refractivity contribution is 6.33. The Morgan fingerprint density at radius 2 is 1.56 bits per heavy atom. The number of benzene rings is 1. The molecule has 100 valence electrons. The lowest BCUT2D eigenvalue weighted by Crippen LogP contribution is -2.12. The van der Waals surface area contributed by atoms with E-state index in [0.29, 0.717) is 11.5 Å². The Kier molecular flexibility index (Phi) is 4.84. The molecule has 0 saturated heterocycles. The van der Waals surface area contributed by atoms with Crippen LogP contribution in [-0.2, 0) is 0 Å². The van der Waals surface area contributed by atoms with E-state index in [2.05, 4.69) is 0 Å². The quantitative estimate of drug-likeness (QED) is 0.889. The zero-order valence-electron chi connectivity index (χ0n) is 10.9. The summed E-state index contributed by atoms with van der Waals surface area (Å²) in [5.74, 6) is -0.251. The summed E-state index contributed by atoms with van der Waals surface area (Å²) in [6, 6.07) is 2.87. The molecule has 0 aliphatic heterocycles. The van der Waals surface area contributed by atoms with Crippen molar-refractivity contribution in [3.05, 3.63) is 22.7 Å². The van der Waals surface area contributed by atoms with Gasteiger partial charge in [0.2, 0.25) is 0 Å². The second-order valence-electron chi connectivity index (χ2n) is 4.42. The van der Waals surface area contributed by atoms with E-state index in [1.165, 1.54) is 12.1 Å². The molecule has 0 amide bonds. The Balaban J connectivity index is 3.22. The van der Waals surface area contributed by atoms with E-state index in [1.54, 1.807) is 0 Å². The molecule has 4 nitrogen and oxygen atoms in total. The third-order valence-corrected chi connectivity index (χ3v) is 2.30. The Bertz CT molecular complexity index is 441. The average molecular weight is 273 g/mol. The van der Waals surface area contributed by atoms with Gasteiger partial charge in [-0.1, -0.05) is 11.6 Å². The SMILES string of the molecule is CC(C)Oc1cc(Cl)c(C(=O)O)cc1OC(C)C. The summed E-state index contributed by atoms with van der Waals surface area (Å²) >= 11 is 5.90. The number of ether oxygens (including phenoxy) is 2. The van der Waals surface area contributed by atoms with Crippen molar-refractivity contribution in [1.29, 1.82) is 0 Å². The maximum absolute atomic E-state index is 11.0. The van der Waals surface area contributed by atoms with Gasteiger partial charge in [-0.25, -0.2) is 4.79 Å². The van der Waals surface area contributed by atoms with Crippen LogP contribution >= 0.6 is 11.6 Å². The minimum absolute atomic E-state index is 0.00317. The van der Waals surface area contributed by atoms with Gasteiger partial charge in [0, 0.05) is 12.1 Å². The fourth-order valence-electron chi connectivity index (χ4n) is 1.39. The van der Waals surface area contributed by atoms with Crippen molar-refractivity contribution in [1.82, 2.24) is 0 Å². The summed E-state index contributed by atoms with van der Waals surface area (Å²) in [5.41, 5.74) is 0.00317. The fourth-order valence-corrected chi connectivity index (χ4v) is 1.63. The number of carboxylic acid groups (broad SMARTS) is 1. The van der Waals surface area contributed by atoms with Crippen LogP contribution in [0.15, 0.2) is 12.1 Å². The van der Waals surface area contributed by atoms with Crippen molar-refractivity contribution >= 4 is 17.6 Å². The van der Waals surface area contributed by atoms with Crippen LogP contribution in [0.5, 0.6) is 11.5 Å². The molecule has 0 aliphatic rings. The number of halogens is 1. The van der Waals surface area contributed by atoms with Gasteiger partial charge in [0.15, 0.2) is 11.5 Å². The Labute approximate surface area is 111 Å². The fraction of sp³-hybridized carbons (Fsp3) is 0.462. The smallest absolute Gasteiger partial charge is 0.337 e. The van der Waals surface area contributed by atoms with Crippen LogP contribution in [0.3, 0.4) is 0 Å². The highest BCUT2D eigenvalue weighted by atomic mass is 35.5. The molecule has 0 aromatic heterocycles. The minimum Gasteiger partial charge on any atom is -0.487 e. The van der Waals surface area contributed by atoms with Crippen LogP contribution in [0.2, 0.25) is 5.02 Å². The first-order valence-electron chi connectivity index (χ1n) is 5.71. The largest absolute Gasteiger partial charge is 0.487 e. The zero-order chi connectivity index (χ0) is 13.9. The predicted molar refractivity (Wildman–Crippen MR) is 69.9 cm³/mol. The molecule has 1 rings (SSSR count). The van der Waals surface area contributed by atoms with Crippen molar-refractivity contribution in [3.63, 3.8) is 0 Å². The maximum Gasteiger partial charge on any atom is 0.337 e. The van der Waals surface area contributed by atoms with Gasteiger partial charge in [0.25, 0.3) is 0 Å². The van der Waals surface area contributed by atoms with Crippen LogP contribution in [0.1, 0.15) is 38.1 Å². The molecule has 0 saturated carbocycles. The number of hydrogen-bond acceptors (Lipinski definition) is 3. The topological polar surface area (TPSA) is 55.8 Å². The molecule has 0 bridgehead atoms. The van der Waals surface area contributed by atoms with E-state index in [-0.39, 0.29) is 22.8 Å². The number of carbonyl (C=O) groups is 1. The van der Waals surface area contributed by atoms with Crippen molar-refractivity contribution < 1.29 is 19.4 Å². The van der Waals surface area contributed by atoms with Crippen molar-refractivity contribution in [2.45, 2.75) is 39.9 Å². The molecule has 1 aromatic carbocycles. The van der Waals surface area contributed by atoms with E-state index >= 15 is 0 Å². The molecular weight excluding hydrogens is 256 g/mol. The van der Waals surface area contributed by atoms with Crippen molar-refractivity contribution in [3.8, 4) is 11.5 Å². The molecule has 0 unspecified atom stereocenters. The zero-order valence-corrected chi connectivity index (χ0v) is 11.6. The normalized spacial score (nSPS) is 10.8. The number of rotatable bonds is 5. The molecule has 18 heavy (non-hydrogen) atoms. The monoisotopic (exact) mass is 272 g/mol. The molecule has 5 heteroatoms. The molecule has 0 aliphatic carbocycles. The van der Waals surface area contributed by atoms with Gasteiger partial charge in [0.1, 0.15) is 0 Å². The molecule has 0 fully saturated rings. The van der Waals surface area contributed by atoms with Crippen LogP contribution in [0, 0.1) is 0 Å². The summed E-state index contributed by atoms with van der Waals surface area (Å²) in [6.45, 7) is 7.46. The lowest BCUT2D eigenvalue weighted by Gasteiger charge is -2.18. The van der Waals surface area contributed by atoms with E-state index in [0.717, 1.165) is 0 Å². The summed E-state index contributed by atoms with van der Waals surface area (Å²) in [5, 5.41) is 9.15. The van der Waals surface area contributed by atoms with Gasteiger partial charge in [-0.15, -0.1) is 0 Å². The second-order valence-corrected chi connectivity index (χ2v) is 4.82. The first-order valence-corrected chi connectivity index (χ1v) is 6.09. The predicted octanol–water partition coefficient (Wildman–Crippen LogP) is 3.61. The molecule has 0 radical (unpaired) electrons. The van der Waals surface area contributed by atoms with Gasteiger partial charge in [0.05, 0.1) is 22.8 Å². The molecule has 0 atom stereocenters. The maximum atomic E-state index is 11.0. The lowest BCUT2D eigenvalue weighted by molar-refractivity contribution is 0.0696. The molecule has 0 heterocycles. The van der Waals surface area contributed by atoms with Gasteiger partial charge >= 0.3 is 5.97 Å². The van der Waals surface area contributed by atoms with Gasteiger partial charge in [-0.3, -0.25) is 0 Å². The first kappa shape index (κ1) is 14.6. The summed E-state index contributed by atoms with van der Waals surface area (Å²) in [7, 11) is 0. The Morgan fingerprint density at radius 3 is 1.94 bits per heavy atom. The van der Waals surface area contributed by atoms with Crippen LogP contribution in [0.25, 0.3) is 0 Å². The van der Waals surface area contributed by atoms with Crippen molar-refractivity contribution in [2.24, 2.45) is 0 Å². The minimum atomic E-state index is -1.09. The Hall–Kier alpha value is -1.42. The lowest BCUT2D eigenvalue weighted by atomic mass is 10.2. The second kappa shape index (κ2) is 5.96. The molecule has 0 spiro atoms. The van der Waals surface area contributed by atoms with Gasteiger partial charge < -0.3 is 14.6 Å². The van der Waals surface area contributed by atoms with E-state index in [4.69, 9.17) is 26.2 Å². The van der Waals surface area contributed by atoms with Crippen molar-refractivity contribution in [2.75, 3.05) is 0 Å². The molecule has 1 N–H and O–H groups in total. The summed E-state index contributed by atoms with van der Waals surface area (Å²) in [4.78, 5) is 11.0. The third-order valence-electron chi connectivity index (χ3n) is 1.99. The number of carboxylic acids is 1. The summed E-state index contributed by atoms with van der Waals surface area (Å²) in [6.07, 6.45) is -0.131. The number of hydrogen-bond donors (Lipinski definition) is 1. The molecule has 1 aromatic rings. The first-order chi connectivity index (χ1) is 8.31. The Morgan fingerprint density at radius 1 is 1.11 bits per heavy atom. The summed E-state index contributed by atoms with van der Waals surface area (Å²) < 4.78 is 11.1. The third kappa shape index (κ3) is 3.81. The molecular formula is C13H17ClO4. The number of aromatic carboxylic acids is 1. The van der Waals surface area contributed by atoms with Gasteiger partial charge in [-0.2, -0.15) is 0 Å². The van der Waals surface area contributed by atoms with E-state index < -0.39 is 5.97 Å². The standard InChI is InChI=1S/C13H17ClO4/c1-7(2)17-11-5-9(13(15)16)10(14)6-12(11)18-8(3)4/h5-8H,1-4H3,(H,15,16). The van der Waals surface area contributed by atoms with Crippen LogP contribution in [-0.4, -0.2) is 23.3 Å². The average Bonchev–Trinajstić information content (AvgIpc) is 2.19. The van der Waals surface area contributed by atoms with Crippen LogP contribution < -0.4 is 9.47 Å². The van der Waals surface area contributed by atoms with Crippen LogP contribution in [0.4, 0.5) is 0 Å². The van der Waals surface area contributed by atoms with Gasteiger partial charge in [-0.05, 0) is 27.7 Å². The van der Waals surface area contributed by atoms with E-state index in [9.17, 15) is 4.79 Å². The highest BCUT2D eigenvalue weighted by Gasteiger charge is 2.17.